The van der Waals surface area contributed by atoms with Crippen LogP contribution >= 0.6 is 0 Å². The second kappa shape index (κ2) is 6.14. The van der Waals surface area contributed by atoms with Crippen LogP contribution in [0.1, 0.15) is 23.0 Å². The number of carbonyl (C=O) groups is 1. The third kappa shape index (κ3) is 3.32. The van der Waals surface area contributed by atoms with Crippen molar-refractivity contribution in [2.75, 3.05) is 18.1 Å². The van der Waals surface area contributed by atoms with Crippen LogP contribution in [0.5, 0.6) is 0 Å². The van der Waals surface area contributed by atoms with E-state index in [0.717, 1.165) is 17.9 Å². The third-order valence-electron chi connectivity index (χ3n) is 3.03. The van der Waals surface area contributed by atoms with Crippen molar-refractivity contribution in [3.63, 3.8) is 0 Å². The largest absolute Gasteiger partial charge is 0.469 e. The van der Waals surface area contributed by atoms with E-state index in [1.807, 2.05) is 19.1 Å². The second-order valence-electron chi connectivity index (χ2n) is 4.71. The van der Waals surface area contributed by atoms with Gasteiger partial charge in [0.25, 0.3) is 5.91 Å². The molecule has 5 nitrogen and oxygen atoms in total. The summed E-state index contributed by atoms with van der Waals surface area (Å²) in [6.45, 7) is 2.04. The van der Waals surface area contributed by atoms with Crippen molar-refractivity contribution < 1.29 is 9.21 Å². The number of anilines is 2. The lowest BCUT2D eigenvalue weighted by molar-refractivity contribution is 0.0963. The van der Waals surface area contributed by atoms with E-state index in [2.05, 4.69) is 10.6 Å². The molecule has 4 N–H and O–H groups in total. The zero-order valence-electron chi connectivity index (χ0n) is 11.6. The normalized spacial score (nSPS) is 11.9. The topological polar surface area (TPSA) is 80.3 Å². The van der Waals surface area contributed by atoms with Crippen molar-refractivity contribution in [1.29, 1.82) is 0 Å². The van der Waals surface area contributed by atoms with Crippen molar-refractivity contribution in [1.82, 2.24) is 5.32 Å². The molecule has 1 unspecified atom stereocenters. The quantitative estimate of drug-likeness (QED) is 0.730. The predicted octanol–water partition coefficient (Wildman–Crippen LogP) is 2.26. The van der Waals surface area contributed by atoms with Gasteiger partial charge in [-0.05, 0) is 37.3 Å². The molecule has 1 aromatic heterocycles. The molecule has 1 heterocycles. The van der Waals surface area contributed by atoms with Crippen LogP contribution in [0.2, 0.25) is 0 Å². The number of furan rings is 1. The molecule has 106 valence electrons. The van der Waals surface area contributed by atoms with E-state index in [1.54, 1.807) is 31.5 Å². The summed E-state index contributed by atoms with van der Waals surface area (Å²) in [4.78, 5) is 11.6. The summed E-state index contributed by atoms with van der Waals surface area (Å²) < 4.78 is 5.32. The zero-order chi connectivity index (χ0) is 14.5. The Morgan fingerprint density at radius 3 is 2.85 bits per heavy atom. The first-order valence-corrected chi connectivity index (χ1v) is 6.50. The fraction of sp³-hybridized carbons (Fsp3) is 0.267. The number of benzene rings is 1. The number of hydrogen-bond acceptors (Lipinski definition) is 4. The van der Waals surface area contributed by atoms with Crippen molar-refractivity contribution in [3.05, 3.63) is 47.9 Å². The third-order valence-corrected chi connectivity index (χ3v) is 3.03. The molecule has 1 aromatic carbocycles. The molecule has 0 aliphatic carbocycles. The van der Waals surface area contributed by atoms with E-state index in [9.17, 15) is 4.79 Å². The SMILES string of the molecule is CNC(=O)c1ccc(N)c(NC(C)Cc2ccco2)c1. The lowest BCUT2D eigenvalue weighted by Gasteiger charge is -2.16. The molecule has 2 rings (SSSR count). The van der Waals surface area contributed by atoms with E-state index >= 15 is 0 Å². The van der Waals surface area contributed by atoms with Crippen LogP contribution in [0.15, 0.2) is 41.0 Å². The van der Waals surface area contributed by atoms with Crippen molar-refractivity contribution in [2.45, 2.75) is 19.4 Å². The molecule has 2 aromatic rings. The lowest BCUT2D eigenvalue weighted by atomic mass is 10.1. The van der Waals surface area contributed by atoms with E-state index in [1.165, 1.54) is 0 Å². The average Bonchev–Trinajstić information content (AvgIpc) is 2.93. The van der Waals surface area contributed by atoms with Crippen molar-refractivity contribution in [3.8, 4) is 0 Å². The molecule has 1 atom stereocenters. The Kier molecular flexibility index (Phi) is 4.30. The van der Waals surface area contributed by atoms with Gasteiger partial charge in [0.2, 0.25) is 0 Å². The average molecular weight is 273 g/mol. The Morgan fingerprint density at radius 2 is 2.20 bits per heavy atom. The van der Waals surface area contributed by atoms with Crippen LogP contribution in [-0.4, -0.2) is 19.0 Å². The predicted molar refractivity (Wildman–Crippen MR) is 79.7 cm³/mol. The Labute approximate surface area is 118 Å². The minimum absolute atomic E-state index is 0.133. The Bertz CT molecular complexity index is 579. The fourth-order valence-corrected chi connectivity index (χ4v) is 2.01. The van der Waals surface area contributed by atoms with Gasteiger partial charge in [-0.1, -0.05) is 0 Å². The molecular formula is C15H19N3O2. The number of nitrogen functional groups attached to an aromatic ring is 1. The highest BCUT2D eigenvalue weighted by atomic mass is 16.3. The first-order valence-electron chi connectivity index (χ1n) is 6.50. The van der Waals surface area contributed by atoms with Gasteiger partial charge in [-0.15, -0.1) is 0 Å². The summed E-state index contributed by atoms with van der Waals surface area (Å²) in [6.07, 6.45) is 2.40. The zero-order valence-corrected chi connectivity index (χ0v) is 11.6. The fourth-order valence-electron chi connectivity index (χ4n) is 2.01. The minimum Gasteiger partial charge on any atom is -0.469 e. The molecule has 0 aliphatic heterocycles. The van der Waals surface area contributed by atoms with Gasteiger partial charge in [-0.3, -0.25) is 4.79 Å². The summed E-state index contributed by atoms with van der Waals surface area (Å²) >= 11 is 0. The molecule has 0 fully saturated rings. The number of nitrogens with two attached hydrogens (primary N) is 1. The molecule has 0 saturated heterocycles. The molecule has 5 heteroatoms. The summed E-state index contributed by atoms with van der Waals surface area (Å²) in [7, 11) is 1.60. The standard InChI is InChI=1S/C15H19N3O2/c1-10(8-12-4-3-7-20-12)18-14-9-11(15(19)17-2)5-6-13(14)16/h3-7,9-10,18H,8,16H2,1-2H3,(H,17,19). The van der Waals surface area contributed by atoms with Crippen LogP contribution in [0.4, 0.5) is 11.4 Å². The van der Waals surface area contributed by atoms with Crippen molar-refractivity contribution >= 4 is 17.3 Å². The van der Waals surface area contributed by atoms with Gasteiger partial charge in [-0.2, -0.15) is 0 Å². The molecule has 0 spiro atoms. The minimum atomic E-state index is -0.133. The van der Waals surface area contributed by atoms with E-state index in [4.69, 9.17) is 10.2 Å². The maximum atomic E-state index is 11.6. The van der Waals surface area contributed by atoms with Gasteiger partial charge in [0.1, 0.15) is 5.76 Å². The molecule has 1 amide bonds. The summed E-state index contributed by atoms with van der Waals surface area (Å²) in [5.41, 5.74) is 7.88. The number of nitrogens with one attached hydrogen (secondary N) is 2. The smallest absolute Gasteiger partial charge is 0.251 e. The number of amides is 1. The van der Waals surface area contributed by atoms with Gasteiger partial charge in [0, 0.05) is 25.1 Å². The maximum Gasteiger partial charge on any atom is 0.251 e. The van der Waals surface area contributed by atoms with Crippen molar-refractivity contribution in [2.24, 2.45) is 0 Å². The highest BCUT2D eigenvalue weighted by Gasteiger charge is 2.10. The van der Waals surface area contributed by atoms with Crippen LogP contribution < -0.4 is 16.4 Å². The second-order valence-corrected chi connectivity index (χ2v) is 4.71. The molecule has 0 radical (unpaired) electrons. The highest BCUT2D eigenvalue weighted by molar-refractivity contribution is 5.96. The van der Waals surface area contributed by atoms with Crippen LogP contribution in [0.3, 0.4) is 0 Å². The van der Waals surface area contributed by atoms with Gasteiger partial charge >= 0.3 is 0 Å². The van der Waals surface area contributed by atoms with Gasteiger partial charge < -0.3 is 20.8 Å². The number of rotatable bonds is 5. The van der Waals surface area contributed by atoms with E-state index < -0.39 is 0 Å². The highest BCUT2D eigenvalue weighted by Crippen LogP contribution is 2.21. The number of hydrogen-bond donors (Lipinski definition) is 3. The van der Waals surface area contributed by atoms with Crippen LogP contribution in [0, 0.1) is 0 Å². The molecular weight excluding hydrogens is 254 g/mol. The molecule has 20 heavy (non-hydrogen) atoms. The summed E-state index contributed by atoms with van der Waals surface area (Å²) in [6, 6.07) is 9.13. The first kappa shape index (κ1) is 14.0. The van der Waals surface area contributed by atoms with E-state index in [0.29, 0.717) is 11.3 Å². The van der Waals surface area contributed by atoms with Crippen LogP contribution in [0.25, 0.3) is 0 Å². The van der Waals surface area contributed by atoms with Gasteiger partial charge in [-0.25, -0.2) is 0 Å². The Morgan fingerprint density at radius 1 is 1.40 bits per heavy atom. The molecule has 0 bridgehead atoms. The Hall–Kier alpha value is -2.43. The van der Waals surface area contributed by atoms with Gasteiger partial charge in [0.15, 0.2) is 0 Å². The summed E-state index contributed by atoms with van der Waals surface area (Å²) in [5.74, 6) is 0.776. The molecule has 0 saturated carbocycles. The maximum absolute atomic E-state index is 11.6. The van der Waals surface area contributed by atoms with Gasteiger partial charge in [0.05, 0.1) is 17.6 Å². The number of carbonyl (C=O) groups excluding carboxylic acids is 1. The lowest BCUT2D eigenvalue weighted by Crippen LogP contribution is -2.21. The summed E-state index contributed by atoms with van der Waals surface area (Å²) in [5, 5.41) is 5.90. The monoisotopic (exact) mass is 273 g/mol. The van der Waals surface area contributed by atoms with Crippen LogP contribution in [-0.2, 0) is 6.42 Å². The molecule has 0 aliphatic rings. The Balaban J connectivity index is 2.09. The van der Waals surface area contributed by atoms with E-state index in [-0.39, 0.29) is 11.9 Å². The first-order chi connectivity index (χ1) is 9.60.